The molecule has 12 nitrogen and oxygen atoms in total. The van der Waals surface area contributed by atoms with E-state index in [1.54, 1.807) is 24.3 Å². The van der Waals surface area contributed by atoms with Crippen molar-refractivity contribution in [1.82, 2.24) is 5.32 Å². The van der Waals surface area contributed by atoms with E-state index in [1.165, 1.54) is 19.2 Å². The molecule has 2 aromatic carbocycles. The minimum atomic E-state index is -1.53. The number of methoxy groups -OCH3 is 1. The maximum absolute atomic E-state index is 13.9. The van der Waals surface area contributed by atoms with Gasteiger partial charge in [-0.3, -0.25) is 34.6 Å². The first-order valence-corrected chi connectivity index (χ1v) is 10.9. The van der Waals surface area contributed by atoms with Gasteiger partial charge in [0.15, 0.2) is 0 Å². The standard InChI is InChI=1S/C23H21N5O7/c1-35-16-10-11(28(33)34)6-8-15(16)27-20(30)18-14(7-9-17(24)29)26-23(19(18)21(27)31)12-4-2-3-5-13(12)25-22(23)32/h2-6,8,10,14,18-19,26H,7,9H2,1H3,(H2,24,29)(H,25,32). The van der Waals surface area contributed by atoms with Crippen LogP contribution in [0.2, 0.25) is 0 Å². The lowest BCUT2D eigenvalue weighted by atomic mass is 9.76. The summed E-state index contributed by atoms with van der Waals surface area (Å²) in [6, 6.07) is 9.75. The van der Waals surface area contributed by atoms with Crippen LogP contribution in [0.25, 0.3) is 0 Å². The fraction of sp³-hybridized carbons (Fsp3) is 0.304. The molecule has 0 saturated carbocycles. The Bertz CT molecular complexity index is 1310. The molecule has 2 aromatic rings. The third-order valence-electron chi connectivity index (χ3n) is 6.94. The molecule has 0 bridgehead atoms. The molecular weight excluding hydrogens is 458 g/mol. The van der Waals surface area contributed by atoms with Gasteiger partial charge in [-0.05, 0) is 18.6 Å². The van der Waals surface area contributed by atoms with Gasteiger partial charge in [0.2, 0.25) is 23.6 Å². The molecular formula is C23H21N5O7. The Balaban J connectivity index is 1.64. The number of nitro groups is 1. The summed E-state index contributed by atoms with van der Waals surface area (Å²) < 4.78 is 5.26. The number of primary amides is 1. The molecule has 0 radical (unpaired) electrons. The van der Waals surface area contributed by atoms with Crippen molar-refractivity contribution in [2.75, 3.05) is 17.3 Å². The average Bonchev–Trinajstić information content (AvgIpc) is 3.41. The van der Waals surface area contributed by atoms with Gasteiger partial charge in [-0.2, -0.15) is 0 Å². The highest BCUT2D eigenvalue weighted by Crippen LogP contribution is 2.54. The van der Waals surface area contributed by atoms with Crippen LogP contribution in [0.1, 0.15) is 18.4 Å². The van der Waals surface area contributed by atoms with E-state index in [1.807, 2.05) is 0 Å². The minimum Gasteiger partial charge on any atom is -0.494 e. The van der Waals surface area contributed by atoms with Crippen molar-refractivity contribution in [2.24, 2.45) is 17.6 Å². The van der Waals surface area contributed by atoms with E-state index in [2.05, 4.69) is 10.6 Å². The lowest BCUT2D eigenvalue weighted by Gasteiger charge is -2.29. The summed E-state index contributed by atoms with van der Waals surface area (Å²) in [6.45, 7) is 0. The van der Waals surface area contributed by atoms with Crippen LogP contribution in [0.5, 0.6) is 5.75 Å². The van der Waals surface area contributed by atoms with Crippen molar-refractivity contribution >= 4 is 40.7 Å². The average molecular weight is 479 g/mol. The van der Waals surface area contributed by atoms with Gasteiger partial charge in [0, 0.05) is 29.8 Å². The molecule has 0 aliphatic carbocycles. The topological polar surface area (TPSA) is 174 Å². The van der Waals surface area contributed by atoms with Crippen molar-refractivity contribution in [2.45, 2.75) is 24.4 Å². The maximum atomic E-state index is 13.9. The number of ether oxygens (including phenoxy) is 1. The van der Waals surface area contributed by atoms with E-state index in [9.17, 15) is 29.3 Å². The monoisotopic (exact) mass is 479 g/mol. The summed E-state index contributed by atoms with van der Waals surface area (Å²) in [4.78, 5) is 64.0. The number of para-hydroxylation sites is 1. The largest absolute Gasteiger partial charge is 0.494 e. The fourth-order valence-corrected chi connectivity index (χ4v) is 5.51. The van der Waals surface area contributed by atoms with Crippen molar-refractivity contribution in [3.05, 3.63) is 58.1 Å². The first-order valence-electron chi connectivity index (χ1n) is 10.9. The van der Waals surface area contributed by atoms with E-state index in [-0.39, 0.29) is 30.0 Å². The summed E-state index contributed by atoms with van der Waals surface area (Å²) in [5, 5.41) is 17.2. The van der Waals surface area contributed by atoms with E-state index in [0.717, 1.165) is 11.0 Å². The number of nitro benzene ring substituents is 1. The van der Waals surface area contributed by atoms with Crippen molar-refractivity contribution in [3.63, 3.8) is 0 Å². The van der Waals surface area contributed by atoms with Crippen LogP contribution < -0.4 is 26.0 Å². The second-order valence-electron chi connectivity index (χ2n) is 8.69. The van der Waals surface area contributed by atoms with Gasteiger partial charge in [0.25, 0.3) is 5.69 Å². The van der Waals surface area contributed by atoms with E-state index in [0.29, 0.717) is 11.3 Å². The van der Waals surface area contributed by atoms with Crippen LogP contribution in [0.3, 0.4) is 0 Å². The zero-order valence-electron chi connectivity index (χ0n) is 18.5. The van der Waals surface area contributed by atoms with Gasteiger partial charge in [-0.15, -0.1) is 0 Å². The molecule has 3 aliphatic heterocycles. The first kappa shape index (κ1) is 22.5. The molecule has 35 heavy (non-hydrogen) atoms. The summed E-state index contributed by atoms with van der Waals surface area (Å²) >= 11 is 0. The first-order chi connectivity index (χ1) is 16.7. The van der Waals surface area contributed by atoms with Gasteiger partial charge < -0.3 is 15.8 Å². The second-order valence-corrected chi connectivity index (χ2v) is 8.69. The summed E-state index contributed by atoms with van der Waals surface area (Å²) in [5.74, 6) is -4.42. The molecule has 4 N–H and O–H groups in total. The third-order valence-corrected chi connectivity index (χ3v) is 6.94. The van der Waals surface area contributed by atoms with Gasteiger partial charge in [-0.1, -0.05) is 18.2 Å². The van der Waals surface area contributed by atoms with E-state index >= 15 is 0 Å². The minimum absolute atomic E-state index is 0.0344. The number of amides is 4. The molecule has 180 valence electrons. The smallest absolute Gasteiger partial charge is 0.273 e. The number of carbonyl (C=O) groups is 4. The van der Waals surface area contributed by atoms with Crippen LogP contribution in [0.15, 0.2) is 42.5 Å². The number of fused-ring (bicyclic) bond motifs is 4. The SMILES string of the molecule is COc1cc([N+](=O)[O-])ccc1N1C(=O)C2C(CCC(N)=O)NC3(C(=O)Nc4ccccc43)C2C1=O. The molecule has 0 aromatic heterocycles. The molecule has 12 heteroatoms. The van der Waals surface area contributed by atoms with Gasteiger partial charge in [0.05, 0.1) is 35.6 Å². The molecule has 4 atom stereocenters. The molecule has 4 amide bonds. The number of anilines is 2. The van der Waals surface area contributed by atoms with Crippen LogP contribution in [0.4, 0.5) is 17.1 Å². The number of carbonyl (C=O) groups excluding carboxylic acids is 4. The lowest BCUT2D eigenvalue weighted by molar-refractivity contribution is -0.384. The highest BCUT2D eigenvalue weighted by molar-refractivity contribution is 6.26. The van der Waals surface area contributed by atoms with Gasteiger partial charge in [0.1, 0.15) is 11.3 Å². The number of nitrogens with zero attached hydrogens (tertiary/aromatic N) is 2. The Hall–Kier alpha value is -4.32. The van der Waals surface area contributed by atoms with Crippen molar-refractivity contribution < 1.29 is 28.8 Å². The number of benzene rings is 2. The number of nitrogens with one attached hydrogen (secondary N) is 2. The zero-order valence-corrected chi connectivity index (χ0v) is 18.5. The lowest BCUT2D eigenvalue weighted by Crippen LogP contribution is -2.53. The van der Waals surface area contributed by atoms with Crippen LogP contribution in [0, 0.1) is 22.0 Å². The quantitative estimate of drug-likeness (QED) is 0.310. The predicted molar refractivity (Wildman–Crippen MR) is 121 cm³/mol. The third kappa shape index (κ3) is 3.10. The molecule has 4 unspecified atom stereocenters. The molecule has 1 spiro atoms. The number of imide groups is 1. The molecule has 2 saturated heterocycles. The number of non-ortho nitro benzene ring substituents is 1. The van der Waals surface area contributed by atoms with E-state index in [4.69, 9.17) is 10.5 Å². The van der Waals surface area contributed by atoms with Crippen molar-refractivity contribution in [1.29, 1.82) is 0 Å². The normalized spacial score (nSPS) is 26.6. The molecule has 3 aliphatic rings. The second kappa shape index (κ2) is 7.87. The molecule has 3 heterocycles. The Morgan fingerprint density at radius 1 is 1.20 bits per heavy atom. The number of hydrogen-bond donors (Lipinski definition) is 3. The Morgan fingerprint density at radius 3 is 2.63 bits per heavy atom. The fourth-order valence-electron chi connectivity index (χ4n) is 5.51. The zero-order chi connectivity index (χ0) is 25.1. The Morgan fingerprint density at radius 2 is 1.94 bits per heavy atom. The Labute approximate surface area is 198 Å². The maximum Gasteiger partial charge on any atom is 0.273 e. The number of rotatable bonds is 6. The Kier molecular flexibility index (Phi) is 5.06. The summed E-state index contributed by atoms with van der Waals surface area (Å²) in [6.07, 6.45) is 0.0838. The highest BCUT2D eigenvalue weighted by atomic mass is 16.6. The van der Waals surface area contributed by atoms with Crippen LogP contribution >= 0.6 is 0 Å². The van der Waals surface area contributed by atoms with E-state index < -0.39 is 52.0 Å². The summed E-state index contributed by atoms with van der Waals surface area (Å²) in [5.41, 5.74) is 4.62. The van der Waals surface area contributed by atoms with Crippen LogP contribution in [-0.4, -0.2) is 41.7 Å². The molecule has 2 fully saturated rings. The number of nitrogens with two attached hydrogens (primary N) is 1. The number of hydrogen-bond acceptors (Lipinski definition) is 8. The van der Waals surface area contributed by atoms with Crippen molar-refractivity contribution in [3.8, 4) is 5.75 Å². The van der Waals surface area contributed by atoms with Gasteiger partial charge in [-0.25, -0.2) is 4.90 Å². The predicted octanol–water partition coefficient (Wildman–Crippen LogP) is 0.794. The highest BCUT2D eigenvalue weighted by Gasteiger charge is 2.70. The van der Waals surface area contributed by atoms with Gasteiger partial charge >= 0.3 is 0 Å². The molecule has 5 rings (SSSR count). The summed E-state index contributed by atoms with van der Waals surface area (Å²) in [7, 11) is 1.27. The van der Waals surface area contributed by atoms with Crippen LogP contribution in [-0.2, 0) is 24.7 Å².